The summed E-state index contributed by atoms with van der Waals surface area (Å²) in [5, 5.41) is 3.27. The molecule has 0 radical (unpaired) electrons. The third-order valence-corrected chi connectivity index (χ3v) is 6.68. The monoisotopic (exact) mass is 344 g/mol. The highest BCUT2D eigenvalue weighted by atomic mass is 35.5. The van der Waals surface area contributed by atoms with Gasteiger partial charge in [-0.3, -0.25) is 4.79 Å². The smallest absolute Gasteiger partial charge is 0.253 e. The van der Waals surface area contributed by atoms with E-state index in [0.29, 0.717) is 4.58 Å². The number of carbonyl (C=O) groups excluding carboxylic acids is 1. The Hall–Kier alpha value is -0.360. The lowest BCUT2D eigenvalue weighted by molar-refractivity contribution is 0.0736. The number of hydrogen-bond donors (Lipinski definition) is 1. The Morgan fingerprint density at radius 2 is 1.71 bits per heavy atom. The van der Waals surface area contributed by atoms with Gasteiger partial charge in [0, 0.05) is 31.7 Å². The van der Waals surface area contributed by atoms with Gasteiger partial charge in [-0.2, -0.15) is 0 Å². The van der Waals surface area contributed by atoms with E-state index < -0.39 is 0 Å². The molecule has 3 nitrogen and oxygen atoms in total. The molecular formula is C15H21ClN2OS2. The van der Waals surface area contributed by atoms with Gasteiger partial charge in [0.1, 0.15) is 0 Å². The van der Waals surface area contributed by atoms with E-state index in [1.807, 2.05) is 40.6 Å². The second kappa shape index (κ2) is 8.32. The van der Waals surface area contributed by atoms with Gasteiger partial charge < -0.3 is 10.2 Å². The molecule has 2 fully saturated rings. The van der Waals surface area contributed by atoms with Crippen molar-refractivity contribution in [2.24, 2.45) is 0 Å². The van der Waals surface area contributed by atoms with Crippen LogP contribution >= 0.6 is 35.9 Å². The number of carbonyl (C=O) groups is 1. The molecule has 0 atom stereocenters. The Bertz CT molecular complexity index is 457. The van der Waals surface area contributed by atoms with Gasteiger partial charge >= 0.3 is 0 Å². The summed E-state index contributed by atoms with van der Waals surface area (Å²) in [4.78, 5) is 14.3. The summed E-state index contributed by atoms with van der Waals surface area (Å²) in [5.74, 6) is 2.67. The summed E-state index contributed by atoms with van der Waals surface area (Å²) < 4.78 is 0.548. The number of nitrogens with zero attached hydrogens (tertiary/aromatic N) is 1. The molecule has 2 heterocycles. The molecule has 1 amide bonds. The van der Waals surface area contributed by atoms with Crippen LogP contribution in [-0.2, 0) is 0 Å². The highest BCUT2D eigenvalue weighted by Crippen LogP contribution is 2.43. The van der Waals surface area contributed by atoms with Crippen molar-refractivity contribution >= 4 is 41.8 Å². The summed E-state index contributed by atoms with van der Waals surface area (Å²) in [6, 6.07) is 8.25. The van der Waals surface area contributed by atoms with Crippen molar-refractivity contribution in [1.82, 2.24) is 10.2 Å². The molecule has 2 saturated heterocycles. The van der Waals surface area contributed by atoms with Gasteiger partial charge in [-0.25, -0.2) is 0 Å². The molecule has 21 heavy (non-hydrogen) atoms. The molecule has 1 aromatic carbocycles. The number of halogens is 1. The third-order valence-electron chi connectivity index (χ3n) is 3.66. The molecule has 116 valence electrons. The summed E-state index contributed by atoms with van der Waals surface area (Å²) in [6.07, 6.45) is 1.31. The molecule has 0 aliphatic carbocycles. The number of piperazine rings is 1. The molecule has 0 unspecified atom stereocenters. The van der Waals surface area contributed by atoms with Crippen molar-refractivity contribution in [3.63, 3.8) is 0 Å². The van der Waals surface area contributed by atoms with E-state index in [1.54, 1.807) is 0 Å². The van der Waals surface area contributed by atoms with Gasteiger partial charge in [0.15, 0.2) is 0 Å². The van der Waals surface area contributed by atoms with Crippen LogP contribution in [-0.4, -0.2) is 48.5 Å². The quantitative estimate of drug-likeness (QED) is 0.893. The van der Waals surface area contributed by atoms with E-state index in [1.165, 1.54) is 23.5 Å². The first kappa shape index (κ1) is 17.0. The van der Waals surface area contributed by atoms with Crippen molar-refractivity contribution in [1.29, 1.82) is 0 Å². The van der Waals surface area contributed by atoms with Crippen LogP contribution in [0, 0.1) is 0 Å². The minimum absolute atomic E-state index is 0. The molecule has 6 heteroatoms. The highest BCUT2D eigenvalue weighted by Gasteiger charge is 2.20. The summed E-state index contributed by atoms with van der Waals surface area (Å²) >= 11 is 4.04. The van der Waals surface area contributed by atoms with Crippen LogP contribution in [0.2, 0.25) is 0 Å². The fourth-order valence-electron chi connectivity index (χ4n) is 2.51. The standard InChI is InChI=1S/C15H20N2OS2.ClH/c18-14(17-8-6-16-7-9-17)12-2-4-13(5-3-12)15-19-10-1-11-20-15;/h2-5,15-16H,1,6-11H2;1H. The maximum absolute atomic E-state index is 12.4. The van der Waals surface area contributed by atoms with Crippen LogP contribution in [0.1, 0.15) is 26.9 Å². The second-order valence-electron chi connectivity index (χ2n) is 5.09. The summed E-state index contributed by atoms with van der Waals surface area (Å²) in [5.41, 5.74) is 2.16. The minimum atomic E-state index is 0. The first-order valence-corrected chi connectivity index (χ1v) is 9.27. The first-order chi connectivity index (χ1) is 9.84. The molecule has 1 N–H and O–H groups in total. The fraction of sp³-hybridized carbons (Fsp3) is 0.533. The average Bonchev–Trinajstić information content (AvgIpc) is 2.56. The maximum Gasteiger partial charge on any atom is 0.253 e. The predicted octanol–water partition coefficient (Wildman–Crippen LogP) is 3.02. The lowest BCUT2D eigenvalue weighted by Gasteiger charge is -2.27. The normalized spacial score (nSPS) is 19.9. The van der Waals surface area contributed by atoms with Gasteiger partial charge in [0.05, 0.1) is 4.58 Å². The first-order valence-electron chi connectivity index (χ1n) is 7.18. The van der Waals surface area contributed by atoms with Crippen LogP contribution in [0.3, 0.4) is 0 Å². The van der Waals surface area contributed by atoms with E-state index in [0.717, 1.165) is 31.7 Å². The van der Waals surface area contributed by atoms with Crippen molar-refractivity contribution < 1.29 is 4.79 Å². The van der Waals surface area contributed by atoms with E-state index >= 15 is 0 Å². The molecule has 2 aliphatic rings. The lowest BCUT2D eigenvalue weighted by atomic mass is 10.1. The van der Waals surface area contributed by atoms with Crippen LogP contribution in [0.25, 0.3) is 0 Å². The highest BCUT2D eigenvalue weighted by molar-refractivity contribution is 8.16. The Balaban J connectivity index is 0.00000161. The zero-order chi connectivity index (χ0) is 13.8. The molecule has 0 saturated carbocycles. The van der Waals surface area contributed by atoms with E-state index in [2.05, 4.69) is 17.4 Å². The molecular weight excluding hydrogens is 324 g/mol. The number of thioether (sulfide) groups is 2. The van der Waals surface area contributed by atoms with Crippen LogP contribution in [0.15, 0.2) is 24.3 Å². The van der Waals surface area contributed by atoms with Crippen LogP contribution in [0.4, 0.5) is 0 Å². The Morgan fingerprint density at radius 3 is 2.33 bits per heavy atom. The lowest BCUT2D eigenvalue weighted by Crippen LogP contribution is -2.46. The number of nitrogens with one attached hydrogen (secondary N) is 1. The fourth-order valence-corrected chi connectivity index (χ4v) is 5.41. The predicted molar refractivity (Wildman–Crippen MR) is 94.7 cm³/mol. The van der Waals surface area contributed by atoms with Gasteiger partial charge in [0.25, 0.3) is 5.91 Å². The van der Waals surface area contributed by atoms with Crippen molar-refractivity contribution in [3.8, 4) is 0 Å². The topological polar surface area (TPSA) is 32.3 Å². The SMILES string of the molecule is Cl.O=C(c1ccc(C2SCCCS2)cc1)N1CCNCC1. The van der Waals surface area contributed by atoms with Crippen molar-refractivity contribution in [2.75, 3.05) is 37.7 Å². The van der Waals surface area contributed by atoms with Crippen molar-refractivity contribution in [2.45, 2.75) is 11.0 Å². The van der Waals surface area contributed by atoms with E-state index in [4.69, 9.17) is 0 Å². The van der Waals surface area contributed by atoms with Gasteiger partial charge in [-0.1, -0.05) is 12.1 Å². The zero-order valence-corrected chi connectivity index (χ0v) is 14.4. The third kappa shape index (κ3) is 4.31. The van der Waals surface area contributed by atoms with E-state index in [9.17, 15) is 4.79 Å². The van der Waals surface area contributed by atoms with Crippen LogP contribution in [0.5, 0.6) is 0 Å². The number of rotatable bonds is 2. The average molecular weight is 345 g/mol. The summed E-state index contributed by atoms with van der Waals surface area (Å²) in [6.45, 7) is 3.43. The number of benzene rings is 1. The minimum Gasteiger partial charge on any atom is -0.336 e. The molecule has 0 spiro atoms. The zero-order valence-electron chi connectivity index (χ0n) is 11.9. The van der Waals surface area contributed by atoms with E-state index in [-0.39, 0.29) is 18.3 Å². The van der Waals surface area contributed by atoms with Gasteiger partial charge in [-0.05, 0) is 35.6 Å². The van der Waals surface area contributed by atoms with Gasteiger partial charge in [0.2, 0.25) is 0 Å². The van der Waals surface area contributed by atoms with Gasteiger partial charge in [-0.15, -0.1) is 35.9 Å². The number of hydrogen-bond acceptors (Lipinski definition) is 4. The number of amides is 1. The molecule has 3 rings (SSSR count). The van der Waals surface area contributed by atoms with Crippen LogP contribution < -0.4 is 5.32 Å². The Labute approximate surface area is 141 Å². The Kier molecular flexibility index (Phi) is 6.74. The molecule has 1 aromatic rings. The largest absolute Gasteiger partial charge is 0.336 e. The Morgan fingerprint density at radius 1 is 1.10 bits per heavy atom. The molecule has 0 bridgehead atoms. The maximum atomic E-state index is 12.4. The second-order valence-corrected chi connectivity index (χ2v) is 7.82. The molecule has 0 aromatic heterocycles. The summed E-state index contributed by atoms with van der Waals surface area (Å²) in [7, 11) is 0. The van der Waals surface area contributed by atoms with Crippen molar-refractivity contribution in [3.05, 3.63) is 35.4 Å². The molecule has 2 aliphatic heterocycles.